The summed E-state index contributed by atoms with van der Waals surface area (Å²) in [4.78, 5) is 6.89. The highest BCUT2D eigenvalue weighted by Crippen LogP contribution is 2.30. The van der Waals surface area contributed by atoms with Crippen molar-refractivity contribution >= 4 is 5.96 Å². The number of nitrogens with one attached hydrogen (secondary N) is 2. The first-order valence-corrected chi connectivity index (χ1v) is 9.90. The molecule has 1 atom stereocenters. The fourth-order valence-corrected chi connectivity index (χ4v) is 3.46. The second-order valence-electron chi connectivity index (χ2n) is 6.99. The molecule has 1 unspecified atom stereocenters. The molecule has 0 amide bonds. The zero-order valence-electron chi connectivity index (χ0n) is 15.9. The van der Waals surface area contributed by atoms with Crippen LogP contribution in [0.15, 0.2) is 29.3 Å². The molecule has 0 bridgehead atoms. The van der Waals surface area contributed by atoms with E-state index in [9.17, 15) is 0 Å². The molecule has 1 fully saturated rings. The molecule has 26 heavy (non-hydrogen) atoms. The number of likely N-dealkylation sites (tertiary alicyclic amines) is 1. The molecule has 1 aromatic carbocycles. The number of guanidine groups is 1. The normalized spacial score (nSPS) is 21.1. The highest BCUT2D eigenvalue weighted by molar-refractivity contribution is 5.79. The molecule has 0 aromatic heterocycles. The van der Waals surface area contributed by atoms with Gasteiger partial charge in [-0.1, -0.05) is 25.0 Å². The molecule has 1 saturated heterocycles. The Labute approximate surface area is 157 Å². The minimum absolute atomic E-state index is 0.0134. The van der Waals surface area contributed by atoms with Crippen LogP contribution in [0.25, 0.3) is 0 Å². The summed E-state index contributed by atoms with van der Waals surface area (Å²) in [5, 5.41) is 6.74. The third-order valence-corrected chi connectivity index (χ3v) is 4.93. The smallest absolute Gasteiger partial charge is 0.191 e. The third-order valence-electron chi connectivity index (χ3n) is 4.93. The summed E-state index contributed by atoms with van der Waals surface area (Å²) in [5.74, 6) is 2.45. The van der Waals surface area contributed by atoms with Gasteiger partial charge in [-0.2, -0.15) is 0 Å². The predicted molar refractivity (Wildman–Crippen MR) is 105 cm³/mol. The molecule has 2 heterocycles. The van der Waals surface area contributed by atoms with E-state index < -0.39 is 0 Å². The Balaban J connectivity index is 1.32. The van der Waals surface area contributed by atoms with E-state index in [-0.39, 0.29) is 6.10 Å². The number of hydrogen-bond donors (Lipinski definition) is 2. The Morgan fingerprint density at radius 1 is 1.12 bits per heavy atom. The molecule has 144 valence electrons. The standard InChI is InChI=1S/C20H32N4O2/c1-21-20(22-11-8-14-24-12-6-2-3-7-13-24)23-15-17-16-25-18-9-4-5-10-19(18)26-17/h4-5,9-10,17H,2-3,6-8,11-16H2,1H3,(H2,21,22,23). The molecule has 0 spiro atoms. The average Bonchev–Trinajstić information content (AvgIpc) is 2.96. The molecule has 2 aliphatic heterocycles. The monoisotopic (exact) mass is 360 g/mol. The molecule has 0 aliphatic carbocycles. The molecule has 6 heteroatoms. The Hall–Kier alpha value is -1.95. The van der Waals surface area contributed by atoms with Crippen LogP contribution in [-0.4, -0.2) is 63.3 Å². The lowest BCUT2D eigenvalue weighted by Crippen LogP contribution is -2.45. The molecule has 3 rings (SSSR count). The first-order valence-electron chi connectivity index (χ1n) is 9.90. The summed E-state index contributed by atoms with van der Waals surface area (Å²) in [6.07, 6.45) is 6.61. The summed E-state index contributed by atoms with van der Waals surface area (Å²) in [6, 6.07) is 7.79. The van der Waals surface area contributed by atoms with Crippen molar-refractivity contribution in [3.05, 3.63) is 24.3 Å². The van der Waals surface area contributed by atoms with Crippen LogP contribution < -0.4 is 20.1 Å². The van der Waals surface area contributed by atoms with Gasteiger partial charge in [0.05, 0.1) is 6.54 Å². The number of nitrogens with zero attached hydrogens (tertiary/aromatic N) is 2. The first kappa shape index (κ1) is 18.8. The van der Waals surface area contributed by atoms with Crippen LogP contribution in [0.3, 0.4) is 0 Å². The van der Waals surface area contributed by atoms with Gasteiger partial charge in [-0.05, 0) is 51.0 Å². The summed E-state index contributed by atoms with van der Waals surface area (Å²) >= 11 is 0. The van der Waals surface area contributed by atoms with Gasteiger partial charge in [0, 0.05) is 13.6 Å². The van der Waals surface area contributed by atoms with E-state index in [4.69, 9.17) is 9.47 Å². The average molecular weight is 361 g/mol. The number of ether oxygens (including phenoxy) is 2. The van der Waals surface area contributed by atoms with E-state index in [2.05, 4.69) is 20.5 Å². The molecule has 6 nitrogen and oxygen atoms in total. The Morgan fingerprint density at radius 3 is 2.65 bits per heavy atom. The van der Waals surface area contributed by atoms with Crippen LogP contribution in [0, 0.1) is 0 Å². The molecule has 2 aliphatic rings. The fourth-order valence-electron chi connectivity index (χ4n) is 3.46. The third kappa shape index (κ3) is 5.80. The Kier molecular flexibility index (Phi) is 7.43. The number of para-hydroxylation sites is 2. The van der Waals surface area contributed by atoms with Gasteiger partial charge in [0.25, 0.3) is 0 Å². The van der Waals surface area contributed by atoms with Crippen LogP contribution in [0.4, 0.5) is 0 Å². The van der Waals surface area contributed by atoms with E-state index >= 15 is 0 Å². The molecule has 2 N–H and O–H groups in total. The predicted octanol–water partition coefficient (Wildman–Crippen LogP) is 2.26. The van der Waals surface area contributed by atoms with Crippen LogP contribution in [0.5, 0.6) is 11.5 Å². The van der Waals surface area contributed by atoms with E-state index in [1.807, 2.05) is 24.3 Å². The second kappa shape index (κ2) is 10.3. The van der Waals surface area contributed by atoms with Gasteiger partial charge in [-0.3, -0.25) is 4.99 Å². The molecule has 0 radical (unpaired) electrons. The summed E-state index contributed by atoms with van der Waals surface area (Å²) in [6.45, 7) is 5.83. The van der Waals surface area contributed by atoms with Gasteiger partial charge < -0.3 is 25.0 Å². The maximum Gasteiger partial charge on any atom is 0.191 e. The van der Waals surface area contributed by atoms with Crippen LogP contribution in [0.1, 0.15) is 32.1 Å². The van der Waals surface area contributed by atoms with Gasteiger partial charge in [0.2, 0.25) is 0 Å². The number of hydrogen-bond acceptors (Lipinski definition) is 4. The lowest BCUT2D eigenvalue weighted by Gasteiger charge is -2.27. The van der Waals surface area contributed by atoms with E-state index in [1.54, 1.807) is 7.05 Å². The minimum atomic E-state index is -0.0134. The van der Waals surface area contributed by atoms with Crippen molar-refractivity contribution in [2.45, 2.75) is 38.2 Å². The van der Waals surface area contributed by atoms with Gasteiger partial charge in [-0.25, -0.2) is 0 Å². The highest BCUT2D eigenvalue weighted by Gasteiger charge is 2.20. The topological polar surface area (TPSA) is 58.1 Å². The minimum Gasteiger partial charge on any atom is -0.486 e. The summed E-state index contributed by atoms with van der Waals surface area (Å²) in [7, 11) is 1.80. The number of rotatable bonds is 6. The summed E-state index contributed by atoms with van der Waals surface area (Å²) < 4.78 is 11.7. The van der Waals surface area contributed by atoms with Crippen molar-refractivity contribution in [2.75, 3.05) is 46.4 Å². The van der Waals surface area contributed by atoms with E-state index in [0.29, 0.717) is 13.2 Å². The second-order valence-corrected chi connectivity index (χ2v) is 6.99. The summed E-state index contributed by atoms with van der Waals surface area (Å²) in [5.41, 5.74) is 0. The SMILES string of the molecule is CN=C(NCCCN1CCCCCC1)NCC1COc2ccccc2O1. The Morgan fingerprint density at radius 2 is 1.88 bits per heavy atom. The van der Waals surface area contributed by atoms with E-state index in [0.717, 1.165) is 30.4 Å². The molecular formula is C20H32N4O2. The lowest BCUT2D eigenvalue weighted by molar-refractivity contribution is 0.0936. The van der Waals surface area contributed by atoms with Crippen molar-refractivity contribution in [1.29, 1.82) is 0 Å². The fraction of sp³-hybridized carbons (Fsp3) is 0.650. The van der Waals surface area contributed by atoms with Crippen molar-refractivity contribution in [1.82, 2.24) is 15.5 Å². The van der Waals surface area contributed by atoms with Crippen LogP contribution in [-0.2, 0) is 0 Å². The zero-order chi connectivity index (χ0) is 18.0. The Bertz CT molecular complexity index is 571. The molecular weight excluding hydrogens is 328 g/mol. The first-order chi connectivity index (χ1) is 12.8. The van der Waals surface area contributed by atoms with Crippen LogP contribution >= 0.6 is 0 Å². The quantitative estimate of drug-likeness (QED) is 0.463. The van der Waals surface area contributed by atoms with Gasteiger partial charge in [0.1, 0.15) is 12.7 Å². The van der Waals surface area contributed by atoms with Crippen molar-refractivity contribution in [3.8, 4) is 11.5 Å². The molecule has 0 saturated carbocycles. The lowest BCUT2D eigenvalue weighted by atomic mass is 10.2. The van der Waals surface area contributed by atoms with E-state index in [1.165, 1.54) is 45.3 Å². The van der Waals surface area contributed by atoms with Gasteiger partial charge in [0.15, 0.2) is 17.5 Å². The van der Waals surface area contributed by atoms with Crippen molar-refractivity contribution < 1.29 is 9.47 Å². The van der Waals surface area contributed by atoms with Gasteiger partial charge >= 0.3 is 0 Å². The maximum absolute atomic E-state index is 5.97. The van der Waals surface area contributed by atoms with Crippen molar-refractivity contribution in [2.24, 2.45) is 4.99 Å². The molecule has 1 aromatic rings. The number of fused-ring (bicyclic) bond motifs is 1. The highest BCUT2D eigenvalue weighted by atomic mass is 16.6. The van der Waals surface area contributed by atoms with Crippen LogP contribution in [0.2, 0.25) is 0 Å². The number of aliphatic imine (C=N–C) groups is 1. The largest absolute Gasteiger partial charge is 0.486 e. The maximum atomic E-state index is 5.97. The van der Waals surface area contributed by atoms with Gasteiger partial charge in [-0.15, -0.1) is 0 Å². The number of benzene rings is 1. The van der Waals surface area contributed by atoms with Crippen molar-refractivity contribution in [3.63, 3.8) is 0 Å². The zero-order valence-corrected chi connectivity index (χ0v) is 15.9.